The molecule has 130 valence electrons. The van der Waals surface area contributed by atoms with Crippen LogP contribution in [0.3, 0.4) is 0 Å². The Morgan fingerprint density at radius 2 is 2.08 bits per heavy atom. The molecular weight excluding hydrogens is 300 g/mol. The number of carbonyl (C=O) groups is 2. The lowest BCUT2D eigenvalue weighted by molar-refractivity contribution is -0.121. The van der Waals surface area contributed by atoms with Gasteiger partial charge < -0.3 is 10.2 Å². The summed E-state index contributed by atoms with van der Waals surface area (Å²) in [5.41, 5.74) is 3.42. The summed E-state index contributed by atoms with van der Waals surface area (Å²) in [6, 6.07) is 7.80. The van der Waals surface area contributed by atoms with Gasteiger partial charge in [-0.2, -0.15) is 0 Å². The zero-order valence-electron chi connectivity index (χ0n) is 14.8. The molecule has 2 amide bonds. The van der Waals surface area contributed by atoms with E-state index in [1.807, 2.05) is 31.2 Å². The molecule has 2 rings (SSSR count). The normalized spacial score (nSPS) is 14.0. The summed E-state index contributed by atoms with van der Waals surface area (Å²) in [5.74, 6) is -0.0360. The van der Waals surface area contributed by atoms with E-state index in [0.29, 0.717) is 19.5 Å². The number of benzene rings is 1. The van der Waals surface area contributed by atoms with Gasteiger partial charge in [0.25, 0.3) is 0 Å². The lowest BCUT2D eigenvalue weighted by atomic mass is 9.97. The lowest BCUT2D eigenvalue weighted by Gasteiger charge is -2.21. The van der Waals surface area contributed by atoms with Crippen LogP contribution in [0.5, 0.6) is 0 Å². The Labute approximate surface area is 144 Å². The molecule has 0 fully saturated rings. The number of carbonyl (C=O) groups excluding carboxylic acids is 2. The molecule has 0 atom stereocenters. The highest BCUT2D eigenvalue weighted by molar-refractivity contribution is 5.92. The largest absolute Gasteiger partial charge is 0.356 e. The van der Waals surface area contributed by atoms with Crippen LogP contribution in [-0.4, -0.2) is 24.9 Å². The molecule has 0 spiro atoms. The fourth-order valence-electron chi connectivity index (χ4n) is 3.06. The predicted molar refractivity (Wildman–Crippen MR) is 98.0 cm³/mol. The van der Waals surface area contributed by atoms with Crippen molar-refractivity contribution in [1.29, 1.82) is 0 Å². The zero-order chi connectivity index (χ0) is 17.4. The van der Waals surface area contributed by atoms with Gasteiger partial charge in [-0.3, -0.25) is 9.59 Å². The van der Waals surface area contributed by atoms with Gasteiger partial charge in [-0.25, -0.2) is 0 Å². The van der Waals surface area contributed by atoms with E-state index >= 15 is 0 Å². The van der Waals surface area contributed by atoms with E-state index in [-0.39, 0.29) is 11.8 Å². The van der Waals surface area contributed by atoms with Crippen molar-refractivity contribution in [3.8, 4) is 0 Å². The number of amides is 2. The number of rotatable bonds is 7. The van der Waals surface area contributed by atoms with Gasteiger partial charge in [0.05, 0.1) is 0 Å². The summed E-state index contributed by atoms with van der Waals surface area (Å²) >= 11 is 0. The average molecular weight is 328 g/mol. The standard InChI is InChI=1S/C20H28N2O2/c1-16-7-6-10-19(15-16)22(17(2)23)14-12-20(24)21-13-11-18-8-4-3-5-9-18/h6-8,10,15H,3-5,9,11-14H2,1-2H3,(H,21,24). The van der Waals surface area contributed by atoms with Crippen LogP contribution in [0.1, 0.15) is 51.0 Å². The van der Waals surface area contributed by atoms with Crippen molar-refractivity contribution >= 4 is 17.5 Å². The van der Waals surface area contributed by atoms with Crippen molar-refractivity contribution in [2.45, 2.75) is 52.4 Å². The molecule has 0 aromatic heterocycles. The van der Waals surface area contributed by atoms with E-state index in [1.165, 1.54) is 38.2 Å². The highest BCUT2D eigenvalue weighted by Gasteiger charge is 2.13. The maximum Gasteiger partial charge on any atom is 0.223 e. The maximum absolute atomic E-state index is 12.0. The topological polar surface area (TPSA) is 49.4 Å². The Hall–Kier alpha value is -2.10. The quantitative estimate of drug-likeness (QED) is 0.775. The van der Waals surface area contributed by atoms with Crippen molar-refractivity contribution in [3.05, 3.63) is 41.5 Å². The Morgan fingerprint density at radius 1 is 1.25 bits per heavy atom. The number of hydrogen-bond acceptors (Lipinski definition) is 2. The molecule has 0 saturated heterocycles. The molecule has 0 saturated carbocycles. The number of aryl methyl sites for hydroxylation is 1. The first-order chi connectivity index (χ1) is 11.6. The second-order valence-electron chi connectivity index (χ2n) is 6.47. The lowest BCUT2D eigenvalue weighted by Crippen LogP contribution is -2.34. The fourth-order valence-corrected chi connectivity index (χ4v) is 3.06. The molecule has 1 aromatic rings. The summed E-state index contributed by atoms with van der Waals surface area (Å²) in [6.45, 7) is 4.63. The SMILES string of the molecule is CC(=O)N(CCC(=O)NCCC1=CCCCC1)c1cccc(C)c1. The zero-order valence-corrected chi connectivity index (χ0v) is 14.8. The first kappa shape index (κ1) is 18.2. The summed E-state index contributed by atoms with van der Waals surface area (Å²) in [5, 5.41) is 2.97. The molecule has 1 aromatic carbocycles. The second kappa shape index (κ2) is 9.26. The second-order valence-corrected chi connectivity index (χ2v) is 6.47. The summed E-state index contributed by atoms with van der Waals surface area (Å²) in [4.78, 5) is 25.6. The molecule has 4 nitrogen and oxygen atoms in total. The fraction of sp³-hybridized carbons (Fsp3) is 0.500. The number of hydrogen-bond donors (Lipinski definition) is 1. The third-order valence-corrected chi connectivity index (χ3v) is 4.41. The molecular formula is C20H28N2O2. The molecule has 4 heteroatoms. The summed E-state index contributed by atoms with van der Waals surface area (Å²) in [6.07, 6.45) is 8.48. The third-order valence-electron chi connectivity index (χ3n) is 4.41. The first-order valence-electron chi connectivity index (χ1n) is 8.85. The highest BCUT2D eigenvalue weighted by Crippen LogP contribution is 2.19. The van der Waals surface area contributed by atoms with Crippen molar-refractivity contribution in [2.24, 2.45) is 0 Å². The minimum Gasteiger partial charge on any atom is -0.356 e. The Morgan fingerprint density at radius 3 is 2.75 bits per heavy atom. The summed E-state index contributed by atoms with van der Waals surface area (Å²) < 4.78 is 0. The molecule has 0 heterocycles. The van der Waals surface area contributed by atoms with Crippen LogP contribution in [0.15, 0.2) is 35.9 Å². The number of anilines is 1. The Balaban J connectivity index is 1.78. The van der Waals surface area contributed by atoms with E-state index < -0.39 is 0 Å². The monoisotopic (exact) mass is 328 g/mol. The molecule has 1 N–H and O–H groups in total. The average Bonchev–Trinajstić information content (AvgIpc) is 2.56. The molecule has 0 aliphatic heterocycles. The molecule has 24 heavy (non-hydrogen) atoms. The minimum absolute atomic E-state index is 0.00492. The van der Waals surface area contributed by atoms with Crippen LogP contribution >= 0.6 is 0 Å². The Kier molecular flexibility index (Phi) is 7.04. The summed E-state index contributed by atoms with van der Waals surface area (Å²) in [7, 11) is 0. The van der Waals surface area contributed by atoms with Crippen LogP contribution in [-0.2, 0) is 9.59 Å². The van der Waals surface area contributed by atoms with Crippen molar-refractivity contribution < 1.29 is 9.59 Å². The minimum atomic E-state index is -0.0410. The Bertz CT molecular complexity index is 607. The van der Waals surface area contributed by atoms with Crippen molar-refractivity contribution in [1.82, 2.24) is 5.32 Å². The first-order valence-corrected chi connectivity index (χ1v) is 8.85. The number of allylic oxidation sites excluding steroid dienone is 1. The van der Waals surface area contributed by atoms with E-state index in [4.69, 9.17) is 0 Å². The van der Waals surface area contributed by atoms with Crippen LogP contribution in [0.2, 0.25) is 0 Å². The van der Waals surface area contributed by atoms with E-state index in [0.717, 1.165) is 17.7 Å². The predicted octanol–water partition coefficient (Wildman–Crippen LogP) is 3.74. The van der Waals surface area contributed by atoms with Gasteiger partial charge in [-0.1, -0.05) is 23.8 Å². The molecule has 0 radical (unpaired) electrons. The van der Waals surface area contributed by atoms with Crippen molar-refractivity contribution in [3.63, 3.8) is 0 Å². The van der Waals surface area contributed by atoms with E-state index in [2.05, 4.69) is 11.4 Å². The van der Waals surface area contributed by atoms with Crippen LogP contribution in [0.25, 0.3) is 0 Å². The van der Waals surface area contributed by atoms with Gasteiger partial charge in [0, 0.05) is 32.1 Å². The van der Waals surface area contributed by atoms with Gasteiger partial charge in [0.1, 0.15) is 0 Å². The molecule has 1 aliphatic rings. The van der Waals surface area contributed by atoms with Crippen LogP contribution < -0.4 is 10.2 Å². The highest BCUT2D eigenvalue weighted by atomic mass is 16.2. The van der Waals surface area contributed by atoms with Gasteiger partial charge in [0.15, 0.2) is 0 Å². The van der Waals surface area contributed by atoms with E-state index in [1.54, 1.807) is 4.90 Å². The van der Waals surface area contributed by atoms with Crippen molar-refractivity contribution in [2.75, 3.05) is 18.0 Å². The molecule has 0 bridgehead atoms. The smallest absolute Gasteiger partial charge is 0.223 e. The maximum atomic E-state index is 12.0. The van der Waals surface area contributed by atoms with Crippen LogP contribution in [0.4, 0.5) is 5.69 Å². The van der Waals surface area contributed by atoms with E-state index in [9.17, 15) is 9.59 Å². The van der Waals surface area contributed by atoms with Crippen LogP contribution in [0, 0.1) is 6.92 Å². The number of nitrogens with one attached hydrogen (secondary N) is 1. The third kappa shape index (κ3) is 5.84. The number of nitrogens with zero attached hydrogens (tertiary/aromatic N) is 1. The van der Waals surface area contributed by atoms with Gasteiger partial charge in [-0.05, 0) is 56.7 Å². The van der Waals surface area contributed by atoms with Gasteiger partial charge in [-0.15, -0.1) is 0 Å². The van der Waals surface area contributed by atoms with Gasteiger partial charge in [0.2, 0.25) is 11.8 Å². The van der Waals surface area contributed by atoms with Gasteiger partial charge >= 0.3 is 0 Å². The molecule has 1 aliphatic carbocycles. The molecule has 0 unspecified atom stereocenters.